The highest BCUT2D eigenvalue weighted by atomic mass is 35.5. The fraction of sp³-hybridized carbons (Fsp3) is 0.0385. The van der Waals surface area contributed by atoms with Crippen LogP contribution in [0.1, 0.15) is 10.4 Å². The summed E-state index contributed by atoms with van der Waals surface area (Å²) in [5.74, 6) is 0.728. The van der Waals surface area contributed by atoms with Crippen LogP contribution in [0, 0.1) is 0 Å². The Morgan fingerprint density at radius 2 is 1.85 bits per heavy atom. The van der Waals surface area contributed by atoms with Crippen molar-refractivity contribution in [3.05, 3.63) is 89.4 Å². The number of ether oxygens (including phenoxy) is 1. The van der Waals surface area contributed by atoms with Crippen LogP contribution >= 0.6 is 23.8 Å². The van der Waals surface area contributed by atoms with E-state index in [1.165, 1.54) is 0 Å². The molecule has 0 fully saturated rings. The monoisotopic (exact) mass is 487 g/mol. The summed E-state index contributed by atoms with van der Waals surface area (Å²) in [5.41, 5.74) is 3.20. The second-order valence-electron chi connectivity index (χ2n) is 7.49. The molecule has 1 heterocycles. The van der Waals surface area contributed by atoms with Crippen molar-refractivity contribution in [1.29, 1.82) is 0 Å². The number of hydrogen-bond donors (Lipinski definition) is 2. The molecule has 0 unspecified atom stereocenters. The summed E-state index contributed by atoms with van der Waals surface area (Å²) in [7, 11) is 1.56. The molecular weight excluding hydrogens is 470 g/mol. The van der Waals surface area contributed by atoms with Gasteiger partial charge in [0.15, 0.2) is 10.7 Å². The fourth-order valence-electron chi connectivity index (χ4n) is 3.68. The largest absolute Gasteiger partial charge is 0.495 e. The molecule has 5 rings (SSSR count). The van der Waals surface area contributed by atoms with Crippen LogP contribution in [-0.4, -0.2) is 23.1 Å². The van der Waals surface area contributed by atoms with Crippen molar-refractivity contribution < 1.29 is 13.9 Å². The number of carbonyl (C=O) groups is 1. The van der Waals surface area contributed by atoms with Gasteiger partial charge in [0.1, 0.15) is 11.3 Å². The van der Waals surface area contributed by atoms with Crippen LogP contribution in [0.25, 0.3) is 33.3 Å². The first-order valence-corrected chi connectivity index (χ1v) is 11.1. The third kappa shape index (κ3) is 4.31. The number of nitrogens with one attached hydrogen (secondary N) is 2. The number of thiocarbonyl (C=S) groups is 1. The number of carbonyl (C=O) groups excluding carboxylic acids is 1. The zero-order valence-electron chi connectivity index (χ0n) is 18.0. The molecule has 1 amide bonds. The van der Waals surface area contributed by atoms with Gasteiger partial charge >= 0.3 is 0 Å². The predicted molar refractivity (Wildman–Crippen MR) is 139 cm³/mol. The number of methoxy groups -OCH3 is 1. The Morgan fingerprint density at radius 1 is 1.03 bits per heavy atom. The molecule has 0 aliphatic heterocycles. The van der Waals surface area contributed by atoms with Gasteiger partial charge in [-0.15, -0.1) is 0 Å². The molecular formula is C26H18ClN3O3S. The summed E-state index contributed by atoms with van der Waals surface area (Å²) in [6.45, 7) is 0. The van der Waals surface area contributed by atoms with Crippen LogP contribution in [-0.2, 0) is 0 Å². The first-order chi connectivity index (χ1) is 16.5. The molecule has 0 radical (unpaired) electrons. The third-order valence-corrected chi connectivity index (χ3v) is 5.80. The molecule has 0 saturated heterocycles. The Kier molecular flexibility index (Phi) is 5.88. The average Bonchev–Trinajstić information content (AvgIpc) is 3.27. The maximum Gasteiger partial charge on any atom is 0.258 e. The van der Waals surface area contributed by atoms with Gasteiger partial charge in [-0.25, -0.2) is 4.98 Å². The van der Waals surface area contributed by atoms with E-state index in [4.69, 9.17) is 33.0 Å². The summed E-state index contributed by atoms with van der Waals surface area (Å²) < 4.78 is 11.1. The van der Waals surface area contributed by atoms with Gasteiger partial charge in [-0.1, -0.05) is 48.0 Å². The number of benzene rings is 4. The Morgan fingerprint density at radius 3 is 2.68 bits per heavy atom. The van der Waals surface area contributed by atoms with Crippen LogP contribution in [0.5, 0.6) is 5.75 Å². The Labute approximate surface area is 205 Å². The van der Waals surface area contributed by atoms with Crippen molar-refractivity contribution in [3.63, 3.8) is 0 Å². The molecule has 0 atom stereocenters. The number of anilines is 1. The van der Waals surface area contributed by atoms with Crippen molar-refractivity contribution >= 4 is 62.4 Å². The lowest BCUT2D eigenvalue weighted by atomic mass is 10.0. The zero-order chi connectivity index (χ0) is 23.7. The lowest BCUT2D eigenvalue weighted by Gasteiger charge is -2.11. The number of fused-ring (bicyclic) bond motifs is 2. The Balaban J connectivity index is 1.33. The standard InChI is InChI=1S/C26H18ClN3O3S/c1-32-22-11-9-16(13-20(22)27)25-29-21-14-17(10-12-23(21)33-25)28-26(34)30-24(31)19-8-4-6-15-5-2-3-7-18(15)19/h2-14H,1H3,(H2,28,30,31,34). The molecule has 5 aromatic rings. The molecule has 8 heteroatoms. The summed E-state index contributed by atoms with van der Waals surface area (Å²) >= 11 is 11.6. The quantitative estimate of drug-likeness (QED) is 0.284. The maximum absolute atomic E-state index is 12.8. The van der Waals surface area contributed by atoms with Gasteiger partial charge in [0.05, 0.1) is 12.1 Å². The lowest BCUT2D eigenvalue weighted by molar-refractivity contribution is 0.0979. The van der Waals surface area contributed by atoms with Gasteiger partial charge in [-0.2, -0.15) is 0 Å². The topological polar surface area (TPSA) is 76.4 Å². The minimum Gasteiger partial charge on any atom is -0.495 e. The van der Waals surface area contributed by atoms with Gasteiger partial charge < -0.3 is 14.5 Å². The molecule has 4 aromatic carbocycles. The molecule has 0 spiro atoms. The van der Waals surface area contributed by atoms with Crippen molar-refractivity contribution in [2.45, 2.75) is 0 Å². The Hall–Kier alpha value is -3.94. The molecule has 0 aliphatic rings. The number of halogens is 1. The molecule has 2 N–H and O–H groups in total. The van der Waals surface area contributed by atoms with E-state index < -0.39 is 0 Å². The molecule has 1 aromatic heterocycles. The van der Waals surface area contributed by atoms with Crippen molar-refractivity contribution in [2.24, 2.45) is 0 Å². The number of amides is 1. The van der Waals surface area contributed by atoms with Gasteiger partial charge in [0.25, 0.3) is 5.91 Å². The van der Waals surface area contributed by atoms with E-state index in [0.29, 0.717) is 39.0 Å². The molecule has 0 saturated carbocycles. The van der Waals surface area contributed by atoms with Gasteiger partial charge in [0.2, 0.25) is 5.89 Å². The van der Waals surface area contributed by atoms with Crippen LogP contribution in [0.2, 0.25) is 5.02 Å². The van der Waals surface area contributed by atoms with Gasteiger partial charge in [-0.05, 0) is 65.5 Å². The lowest BCUT2D eigenvalue weighted by Crippen LogP contribution is -2.34. The first-order valence-electron chi connectivity index (χ1n) is 10.4. The van der Waals surface area contributed by atoms with E-state index in [2.05, 4.69) is 15.6 Å². The van der Waals surface area contributed by atoms with Crippen molar-refractivity contribution in [1.82, 2.24) is 10.3 Å². The van der Waals surface area contributed by atoms with Crippen LogP contribution in [0.3, 0.4) is 0 Å². The zero-order valence-corrected chi connectivity index (χ0v) is 19.5. The normalized spacial score (nSPS) is 10.9. The van der Waals surface area contributed by atoms with E-state index in [-0.39, 0.29) is 11.0 Å². The summed E-state index contributed by atoms with van der Waals surface area (Å²) in [6.07, 6.45) is 0. The van der Waals surface area contributed by atoms with Crippen LogP contribution < -0.4 is 15.4 Å². The highest BCUT2D eigenvalue weighted by molar-refractivity contribution is 7.80. The molecule has 168 valence electrons. The van der Waals surface area contributed by atoms with Gasteiger partial charge in [0, 0.05) is 16.8 Å². The maximum atomic E-state index is 12.8. The van der Waals surface area contributed by atoms with E-state index >= 15 is 0 Å². The van der Waals surface area contributed by atoms with Crippen LogP contribution in [0.15, 0.2) is 83.3 Å². The SMILES string of the molecule is COc1ccc(-c2nc3cc(NC(=S)NC(=O)c4cccc5ccccc45)ccc3o2)cc1Cl. The Bertz CT molecular complexity index is 1560. The second kappa shape index (κ2) is 9.13. The average molecular weight is 488 g/mol. The van der Waals surface area contributed by atoms with Crippen LogP contribution in [0.4, 0.5) is 5.69 Å². The highest BCUT2D eigenvalue weighted by Gasteiger charge is 2.14. The predicted octanol–water partition coefficient (Wildman–Crippen LogP) is 6.44. The number of nitrogens with zero attached hydrogens (tertiary/aromatic N) is 1. The highest BCUT2D eigenvalue weighted by Crippen LogP contribution is 2.32. The van der Waals surface area contributed by atoms with Gasteiger partial charge in [-0.3, -0.25) is 10.1 Å². The molecule has 0 bridgehead atoms. The molecule has 0 aliphatic carbocycles. The summed E-state index contributed by atoms with van der Waals surface area (Å²) in [4.78, 5) is 17.4. The summed E-state index contributed by atoms with van der Waals surface area (Å²) in [5, 5.41) is 8.28. The van der Waals surface area contributed by atoms with Crippen molar-refractivity contribution in [3.8, 4) is 17.2 Å². The number of oxazole rings is 1. The number of hydrogen-bond acceptors (Lipinski definition) is 5. The minimum atomic E-state index is -0.282. The van der Waals surface area contributed by atoms with Crippen molar-refractivity contribution in [2.75, 3.05) is 12.4 Å². The second-order valence-corrected chi connectivity index (χ2v) is 8.30. The third-order valence-electron chi connectivity index (χ3n) is 5.31. The van der Waals surface area contributed by atoms with E-state index in [1.54, 1.807) is 43.5 Å². The van der Waals surface area contributed by atoms with E-state index in [0.717, 1.165) is 16.3 Å². The van der Waals surface area contributed by atoms with E-state index in [1.807, 2.05) is 42.5 Å². The fourth-order valence-corrected chi connectivity index (χ4v) is 4.15. The first kappa shape index (κ1) is 21.9. The molecule has 6 nitrogen and oxygen atoms in total. The van der Waals surface area contributed by atoms with E-state index in [9.17, 15) is 4.79 Å². The minimum absolute atomic E-state index is 0.183. The molecule has 34 heavy (non-hydrogen) atoms. The summed E-state index contributed by atoms with van der Waals surface area (Å²) in [6, 6.07) is 24.0. The number of aromatic nitrogens is 1. The smallest absolute Gasteiger partial charge is 0.258 e. The number of rotatable bonds is 4.